The summed E-state index contributed by atoms with van der Waals surface area (Å²) in [6.45, 7) is 5.08. The van der Waals surface area contributed by atoms with E-state index in [-0.39, 0.29) is 0 Å². The molecule has 0 aliphatic rings. The Balaban J connectivity index is 1.89. The molecule has 0 fully saturated rings. The molecular weight excluding hydrogens is 458 g/mol. The molecule has 7 heteroatoms. The number of carbonyl (C=O) groups excluding carboxylic acids is 2. The van der Waals surface area contributed by atoms with Crippen LogP contribution < -0.4 is 5.48 Å². The molecule has 0 aromatic heterocycles. The van der Waals surface area contributed by atoms with Crippen molar-refractivity contribution >= 4 is 17.8 Å². The minimum absolute atomic E-state index is 0.429. The average Bonchev–Trinajstić information content (AvgIpc) is 2.85. The summed E-state index contributed by atoms with van der Waals surface area (Å²) in [6.07, 6.45) is -0.885. The number of carboxylic acid groups (broad SMARTS) is 1. The first-order valence-electron chi connectivity index (χ1n) is 11.7. The Hall–Kier alpha value is -3.97. The largest absolute Gasteiger partial charge is 0.481 e. The summed E-state index contributed by atoms with van der Waals surface area (Å²) in [4.78, 5) is 43.1. The number of hydrogen-bond acceptors (Lipinski definition) is 5. The Labute approximate surface area is 211 Å². The summed E-state index contributed by atoms with van der Waals surface area (Å²) in [5.41, 5.74) is 2.82. The first kappa shape index (κ1) is 26.6. The van der Waals surface area contributed by atoms with Crippen molar-refractivity contribution in [3.63, 3.8) is 0 Å². The van der Waals surface area contributed by atoms with Crippen molar-refractivity contribution < 1.29 is 29.1 Å². The molecule has 0 spiro atoms. The van der Waals surface area contributed by atoms with Crippen LogP contribution in [0.5, 0.6) is 0 Å². The van der Waals surface area contributed by atoms with Crippen molar-refractivity contribution in [2.24, 2.45) is 5.92 Å². The van der Waals surface area contributed by atoms with Crippen LogP contribution in [0.1, 0.15) is 50.3 Å². The van der Waals surface area contributed by atoms with Gasteiger partial charge in [-0.25, -0.2) is 5.48 Å². The minimum atomic E-state index is -1.27. The van der Waals surface area contributed by atoms with Gasteiger partial charge >= 0.3 is 11.9 Å². The number of carbonyl (C=O) groups is 3. The molecule has 0 aliphatic carbocycles. The molecule has 0 bridgehead atoms. The molecule has 0 saturated carbocycles. The third kappa shape index (κ3) is 6.79. The topological polar surface area (TPSA) is 102 Å². The molecule has 1 unspecified atom stereocenters. The van der Waals surface area contributed by atoms with Gasteiger partial charge in [-0.3, -0.25) is 19.2 Å². The van der Waals surface area contributed by atoms with E-state index in [0.29, 0.717) is 0 Å². The monoisotopic (exact) mass is 489 g/mol. The quantitative estimate of drug-likeness (QED) is 0.240. The molecule has 0 aliphatic heterocycles. The van der Waals surface area contributed by atoms with E-state index < -0.39 is 47.8 Å². The molecule has 3 aromatic carbocycles. The fourth-order valence-electron chi connectivity index (χ4n) is 3.93. The number of hydrogen-bond donors (Lipinski definition) is 2. The summed E-state index contributed by atoms with van der Waals surface area (Å²) in [6, 6.07) is 28.3. The molecule has 0 heterocycles. The maximum absolute atomic E-state index is 12.9. The molecule has 2 N–H and O–H groups in total. The average molecular weight is 490 g/mol. The van der Waals surface area contributed by atoms with E-state index in [1.54, 1.807) is 20.8 Å². The summed E-state index contributed by atoms with van der Waals surface area (Å²) >= 11 is 0. The molecule has 3 aromatic rings. The SMILES string of the molecule is CC(C)(C)OC(=O)CC(CC(=O)NOC(c1ccccc1)(c1ccccc1)c1ccccc1)C(=O)O. The second-order valence-corrected chi connectivity index (χ2v) is 9.44. The molecule has 3 rings (SSSR count). The Morgan fingerprint density at radius 2 is 1.17 bits per heavy atom. The van der Waals surface area contributed by atoms with E-state index in [2.05, 4.69) is 5.48 Å². The Bertz CT molecular complexity index is 1060. The van der Waals surface area contributed by atoms with Gasteiger partial charge in [0.1, 0.15) is 5.60 Å². The fourth-order valence-corrected chi connectivity index (χ4v) is 3.93. The van der Waals surface area contributed by atoms with Crippen LogP contribution in [-0.2, 0) is 29.6 Å². The lowest BCUT2D eigenvalue weighted by Crippen LogP contribution is -2.41. The number of esters is 1. The number of rotatable bonds is 10. The Morgan fingerprint density at radius 3 is 1.53 bits per heavy atom. The molecular formula is C29H31NO6. The number of hydroxylamine groups is 1. The smallest absolute Gasteiger partial charge is 0.307 e. The third-order valence-electron chi connectivity index (χ3n) is 5.47. The lowest BCUT2D eigenvalue weighted by Gasteiger charge is -2.35. The van der Waals surface area contributed by atoms with Crippen LogP contribution >= 0.6 is 0 Å². The lowest BCUT2D eigenvalue weighted by molar-refractivity contribution is -0.161. The molecule has 1 atom stereocenters. The third-order valence-corrected chi connectivity index (χ3v) is 5.47. The van der Waals surface area contributed by atoms with Gasteiger partial charge in [0.05, 0.1) is 12.3 Å². The summed E-state index contributed by atoms with van der Waals surface area (Å²) in [7, 11) is 0. The van der Waals surface area contributed by atoms with Gasteiger partial charge in [0.25, 0.3) is 0 Å². The highest BCUT2D eigenvalue weighted by atomic mass is 16.7. The van der Waals surface area contributed by atoms with Crippen molar-refractivity contribution in [2.45, 2.75) is 44.8 Å². The van der Waals surface area contributed by atoms with E-state index in [0.717, 1.165) is 16.7 Å². The van der Waals surface area contributed by atoms with Crippen LogP contribution in [0.25, 0.3) is 0 Å². The molecule has 36 heavy (non-hydrogen) atoms. The number of carboxylic acids is 1. The van der Waals surface area contributed by atoms with Crippen LogP contribution in [0.4, 0.5) is 0 Å². The zero-order valence-corrected chi connectivity index (χ0v) is 20.6. The van der Waals surface area contributed by atoms with Crippen LogP contribution in [0, 0.1) is 5.92 Å². The Morgan fingerprint density at radius 1 is 0.750 bits per heavy atom. The van der Waals surface area contributed by atoms with Gasteiger partial charge in [0.15, 0.2) is 5.60 Å². The zero-order chi connectivity index (χ0) is 26.2. The number of nitrogens with one attached hydrogen (secondary N) is 1. The second-order valence-electron chi connectivity index (χ2n) is 9.44. The van der Waals surface area contributed by atoms with Gasteiger partial charge in [-0.15, -0.1) is 0 Å². The number of aliphatic carboxylic acids is 1. The highest BCUT2D eigenvalue weighted by Crippen LogP contribution is 2.39. The molecule has 0 radical (unpaired) electrons. The van der Waals surface area contributed by atoms with Crippen molar-refractivity contribution in [1.29, 1.82) is 0 Å². The van der Waals surface area contributed by atoms with Crippen LogP contribution in [0.2, 0.25) is 0 Å². The molecule has 0 saturated heterocycles. The first-order chi connectivity index (χ1) is 17.1. The second kappa shape index (κ2) is 11.6. The normalized spacial score (nSPS) is 12.4. The number of amides is 1. The van der Waals surface area contributed by atoms with E-state index >= 15 is 0 Å². The van der Waals surface area contributed by atoms with E-state index in [4.69, 9.17) is 9.57 Å². The lowest BCUT2D eigenvalue weighted by atomic mass is 9.80. The van der Waals surface area contributed by atoms with Crippen LogP contribution in [0.15, 0.2) is 91.0 Å². The van der Waals surface area contributed by atoms with Crippen molar-refractivity contribution in [1.82, 2.24) is 5.48 Å². The Kier molecular flexibility index (Phi) is 8.61. The van der Waals surface area contributed by atoms with Crippen molar-refractivity contribution in [2.75, 3.05) is 0 Å². The number of ether oxygens (including phenoxy) is 1. The zero-order valence-electron chi connectivity index (χ0n) is 20.6. The molecule has 7 nitrogen and oxygen atoms in total. The molecule has 188 valence electrons. The van der Waals surface area contributed by atoms with Crippen LogP contribution in [0.3, 0.4) is 0 Å². The van der Waals surface area contributed by atoms with Gasteiger partial charge in [-0.05, 0) is 37.5 Å². The summed E-state index contributed by atoms with van der Waals surface area (Å²) in [5.74, 6) is -3.88. The highest BCUT2D eigenvalue weighted by molar-refractivity contribution is 5.85. The van der Waals surface area contributed by atoms with E-state index in [1.165, 1.54) is 0 Å². The van der Waals surface area contributed by atoms with Gasteiger partial charge in [-0.2, -0.15) is 0 Å². The van der Waals surface area contributed by atoms with E-state index in [9.17, 15) is 19.5 Å². The van der Waals surface area contributed by atoms with Crippen LogP contribution in [-0.4, -0.2) is 28.6 Å². The maximum atomic E-state index is 12.9. The van der Waals surface area contributed by atoms with Gasteiger partial charge < -0.3 is 9.84 Å². The highest BCUT2D eigenvalue weighted by Gasteiger charge is 2.39. The van der Waals surface area contributed by atoms with Gasteiger partial charge in [0.2, 0.25) is 5.91 Å². The summed E-state index contributed by atoms with van der Waals surface area (Å²) in [5, 5.41) is 9.60. The van der Waals surface area contributed by atoms with Gasteiger partial charge in [0, 0.05) is 6.42 Å². The van der Waals surface area contributed by atoms with Crippen molar-refractivity contribution in [3.8, 4) is 0 Å². The first-order valence-corrected chi connectivity index (χ1v) is 11.7. The fraction of sp³-hybridized carbons (Fsp3) is 0.276. The standard InChI is InChI=1S/C29H31NO6/c1-28(2,3)35-26(32)20-21(27(33)34)19-25(31)30-36-29(22-13-7-4-8-14-22,23-15-9-5-10-16-23)24-17-11-6-12-18-24/h4-18,21H,19-20H2,1-3H3,(H,30,31)(H,33,34). The number of benzene rings is 3. The van der Waals surface area contributed by atoms with Gasteiger partial charge in [-0.1, -0.05) is 91.0 Å². The van der Waals surface area contributed by atoms with E-state index in [1.807, 2.05) is 91.0 Å². The van der Waals surface area contributed by atoms with Crippen molar-refractivity contribution in [3.05, 3.63) is 108 Å². The summed E-state index contributed by atoms with van der Waals surface area (Å²) < 4.78 is 5.22. The predicted molar refractivity (Wildman–Crippen MR) is 135 cm³/mol. The predicted octanol–water partition coefficient (Wildman–Crippen LogP) is 4.85. The minimum Gasteiger partial charge on any atom is -0.481 e. The molecule has 1 amide bonds. The maximum Gasteiger partial charge on any atom is 0.307 e.